The summed E-state index contributed by atoms with van der Waals surface area (Å²) in [5, 5.41) is 0. The van der Waals surface area contributed by atoms with Crippen LogP contribution in [-0.4, -0.2) is 17.7 Å². The highest BCUT2D eigenvalue weighted by molar-refractivity contribution is 7.46. The van der Waals surface area contributed by atoms with Gasteiger partial charge in [-0.1, -0.05) is 78.1 Å². The zero-order valence-corrected chi connectivity index (χ0v) is 14.1. The van der Waals surface area contributed by atoms with Crippen LogP contribution in [0.15, 0.2) is 0 Å². The summed E-state index contributed by atoms with van der Waals surface area (Å²) in [6.45, 7) is 5.16. The minimum Gasteiger partial charge on any atom is -0.350 e. The molecule has 3 heteroatoms. The lowest BCUT2D eigenvalue weighted by atomic mass is 10.1. The normalized spacial score (nSPS) is 12.8. The van der Waals surface area contributed by atoms with Crippen molar-refractivity contribution < 1.29 is 9.42 Å². The van der Waals surface area contributed by atoms with Crippen molar-refractivity contribution in [1.82, 2.24) is 0 Å². The summed E-state index contributed by atoms with van der Waals surface area (Å²) in [4.78, 5) is 9.57. The minimum absolute atomic E-state index is 0.752. The predicted molar refractivity (Wildman–Crippen MR) is 86.7 cm³/mol. The Labute approximate surface area is 122 Å². The van der Waals surface area contributed by atoms with Crippen LogP contribution in [0.3, 0.4) is 0 Å². The van der Waals surface area contributed by atoms with E-state index in [1.165, 1.54) is 57.8 Å². The monoisotopic (exact) mass is 290 g/mol. The molecule has 0 aromatic heterocycles. The average Bonchev–Trinajstić information content (AvgIpc) is 2.42. The standard InChI is InChI=1S/C16H35O2P/c1-3-5-7-8-9-10-11-12-13-14-15-18-19(17)16-6-4-2/h17H,3-16H2,1-2H3. The summed E-state index contributed by atoms with van der Waals surface area (Å²) in [5.41, 5.74) is 0. The van der Waals surface area contributed by atoms with Crippen LogP contribution < -0.4 is 0 Å². The van der Waals surface area contributed by atoms with E-state index < -0.39 is 8.38 Å². The second kappa shape index (κ2) is 16.4. The third kappa shape index (κ3) is 16.3. The first-order valence-electron chi connectivity index (χ1n) is 8.40. The van der Waals surface area contributed by atoms with Gasteiger partial charge in [0.05, 0.1) is 6.61 Å². The van der Waals surface area contributed by atoms with E-state index in [4.69, 9.17) is 4.52 Å². The molecule has 0 aromatic rings. The molecule has 0 aromatic carbocycles. The molecule has 0 rings (SSSR count). The van der Waals surface area contributed by atoms with Crippen LogP contribution in [0.5, 0.6) is 0 Å². The Balaban J connectivity index is 3.02. The van der Waals surface area contributed by atoms with Crippen LogP contribution in [0.4, 0.5) is 0 Å². The molecule has 0 heterocycles. The van der Waals surface area contributed by atoms with E-state index in [1.807, 2.05) is 0 Å². The molecule has 0 fully saturated rings. The first-order valence-corrected chi connectivity index (χ1v) is 9.80. The molecule has 1 N–H and O–H groups in total. The van der Waals surface area contributed by atoms with Gasteiger partial charge in [-0.25, -0.2) is 0 Å². The maximum Gasteiger partial charge on any atom is 0.167 e. The fourth-order valence-corrected chi connectivity index (χ4v) is 3.17. The number of rotatable bonds is 15. The summed E-state index contributed by atoms with van der Waals surface area (Å²) in [7, 11) is -1.12. The van der Waals surface area contributed by atoms with E-state index in [0.717, 1.165) is 32.0 Å². The summed E-state index contributed by atoms with van der Waals surface area (Å²) in [6.07, 6.45) is 16.5. The first kappa shape index (κ1) is 19.4. The second-order valence-electron chi connectivity index (χ2n) is 5.44. The van der Waals surface area contributed by atoms with Gasteiger partial charge in [-0.2, -0.15) is 0 Å². The van der Waals surface area contributed by atoms with Gasteiger partial charge >= 0.3 is 0 Å². The highest BCUT2D eigenvalue weighted by Gasteiger charge is 2.03. The Kier molecular flexibility index (Phi) is 16.7. The number of unbranched alkanes of at least 4 members (excludes halogenated alkanes) is 10. The Morgan fingerprint density at radius 1 is 0.684 bits per heavy atom. The van der Waals surface area contributed by atoms with Gasteiger partial charge in [0.25, 0.3) is 0 Å². The number of hydrogen-bond acceptors (Lipinski definition) is 2. The van der Waals surface area contributed by atoms with Crippen LogP contribution in [0, 0.1) is 0 Å². The molecule has 0 spiro atoms. The average molecular weight is 290 g/mol. The SMILES string of the molecule is CCCCCCCCCCCCOP(O)CCCC. The fourth-order valence-electron chi connectivity index (χ4n) is 2.12. The molecule has 0 bridgehead atoms. The Morgan fingerprint density at radius 3 is 1.68 bits per heavy atom. The molecular formula is C16H35O2P. The molecule has 0 saturated heterocycles. The van der Waals surface area contributed by atoms with Crippen molar-refractivity contribution in [3.8, 4) is 0 Å². The lowest BCUT2D eigenvalue weighted by Gasteiger charge is -2.09. The summed E-state index contributed by atoms with van der Waals surface area (Å²) < 4.78 is 5.44. The molecule has 1 atom stereocenters. The zero-order valence-electron chi connectivity index (χ0n) is 13.2. The molecule has 0 saturated carbocycles. The molecule has 0 radical (unpaired) electrons. The van der Waals surface area contributed by atoms with E-state index in [1.54, 1.807) is 0 Å². The van der Waals surface area contributed by atoms with E-state index in [0.29, 0.717) is 0 Å². The first-order chi connectivity index (χ1) is 9.31. The molecular weight excluding hydrogens is 255 g/mol. The smallest absolute Gasteiger partial charge is 0.167 e. The van der Waals surface area contributed by atoms with Crippen LogP contribution in [-0.2, 0) is 4.52 Å². The topological polar surface area (TPSA) is 29.5 Å². The zero-order chi connectivity index (χ0) is 14.2. The maximum absolute atomic E-state index is 9.57. The van der Waals surface area contributed by atoms with Gasteiger partial charge in [-0.15, -0.1) is 0 Å². The molecule has 116 valence electrons. The summed E-state index contributed by atoms with van der Waals surface area (Å²) in [5.74, 6) is 0. The highest BCUT2D eigenvalue weighted by Crippen LogP contribution is 2.32. The van der Waals surface area contributed by atoms with E-state index in [9.17, 15) is 4.89 Å². The van der Waals surface area contributed by atoms with Gasteiger partial charge in [0.1, 0.15) is 0 Å². The van der Waals surface area contributed by atoms with Crippen LogP contribution in [0.1, 0.15) is 90.9 Å². The Morgan fingerprint density at radius 2 is 1.16 bits per heavy atom. The van der Waals surface area contributed by atoms with Crippen molar-refractivity contribution in [3.63, 3.8) is 0 Å². The van der Waals surface area contributed by atoms with Crippen LogP contribution >= 0.6 is 8.38 Å². The quantitative estimate of drug-likeness (QED) is 0.295. The van der Waals surface area contributed by atoms with Crippen molar-refractivity contribution in [2.24, 2.45) is 0 Å². The van der Waals surface area contributed by atoms with Gasteiger partial charge < -0.3 is 9.42 Å². The predicted octanol–water partition coefficient (Wildman–Crippen LogP) is 6.03. The van der Waals surface area contributed by atoms with Crippen molar-refractivity contribution in [2.75, 3.05) is 12.8 Å². The fraction of sp³-hybridized carbons (Fsp3) is 1.00. The Bertz CT molecular complexity index is 165. The molecule has 1 unspecified atom stereocenters. The van der Waals surface area contributed by atoms with Crippen LogP contribution in [0.2, 0.25) is 0 Å². The van der Waals surface area contributed by atoms with Gasteiger partial charge in [-0.05, 0) is 12.8 Å². The molecule has 0 aliphatic carbocycles. The van der Waals surface area contributed by atoms with E-state index >= 15 is 0 Å². The molecule has 2 nitrogen and oxygen atoms in total. The van der Waals surface area contributed by atoms with Gasteiger partial charge in [0, 0.05) is 6.16 Å². The second-order valence-corrected chi connectivity index (χ2v) is 6.85. The Hall–Kier alpha value is 0.350. The van der Waals surface area contributed by atoms with Crippen molar-refractivity contribution >= 4 is 8.38 Å². The third-order valence-electron chi connectivity index (χ3n) is 3.44. The van der Waals surface area contributed by atoms with Crippen LogP contribution in [0.25, 0.3) is 0 Å². The van der Waals surface area contributed by atoms with E-state index in [2.05, 4.69) is 13.8 Å². The molecule has 0 aliphatic heterocycles. The molecule has 19 heavy (non-hydrogen) atoms. The summed E-state index contributed by atoms with van der Waals surface area (Å²) >= 11 is 0. The third-order valence-corrected chi connectivity index (χ3v) is 4.62. The minimum atomic E-state index is -1.12. The lowest BCUT2D eigenvalue weighted by molar-refractivity contribution is 0.297. The van der Waals surface area contributed by atoms with Gasteiger partial charge in [0.2, 0.25) is 0 Å². The maximum atomic E-state index is 9.57. The molecule has 0 amide bonds. The van der Waals surface area contributed by atoms with Crippen molar-refractivity contribution in [2.45, 2.75) is 90.9 Å². The summed E-state index contributed by atoms with van der Waals surface area (Å²) in [6, 6.07) is 0. The van der Waals surface area contributed by atoms with Gasteiger partial charge in [0.15, 0.2) is 8.38 Å². The lowest BCUT2D eigenvalue weighted by Crippen LogP contribution is -1.93. The van der Waals surface area contributed by atoms with Crippen molar-refractivity contribution in [1.29, 1.82) is 0 Å². The number of hydrogen-bond donors (Lipinski definition) is 1. The van der Waals surface area contributed by atoms with Gasteiger partial charge in [-0.3, -0.25) is 0 Å². The van der Waals surface area contributed by atoms with Crippen molar-refractivity contribution in [3.05, 3.63) is 0 Å². The molecule has 0 aliphatic rings. The highest BCUT2D eigenvalue weighted by atomic mass is 31.2. The van der Waals surface area contributed by atoms with E-state index in [-0.39, 0.29) is 0 Å². The largest absolute Gasteiger partial charge is 0.350 e.